The molecule has 0 spiro atoms. The molecule has 206 valence electrons. The molecule has 3 aromatic rings. The lowest BCUT2D eigenvalue weighted by Crippen LogP contribution is -2.12. The zero-order valence-corrected chi connectivity index (χ0v) is 21.9. The normalized spacial score (nSPS) is 12.6. The molecular formula is C16H17N7O11S4. The number of nitrogens with zero attached hydrogens (tertiary/aromatic N) is 3. The molecule has 0 aliphatic heterocycles. The number of benzene rings is 2. The maximum absolute atomic E-state index is 11.8. The van der Waals surface area contributed by atoms with Gasteiger partial charge < -0.3 is 16.4 Å². The maximum Gasteiger partial charge on any atom is 0.296 e. The number of nitrogen functional groups attached to an aromatic ring is 1. The summed E-state index contributed by atoms with van der Waals surface area (Å²) in [7, 11) is -18.4. The van der Waals surface area contributed by atoms with E-state index in [9.17, 15) is 47.3 Å². The average Bonchev–Trinajstić information content (AvgIpc) is 2.70. The Morgan fingerprint density at radius 1 is 0.684 bits per heavy atom. The molecule has 3 rings (SSSR count). The maximum atomic E-state index is 11.8. The van der Waals surface area contributed by atoms with Gasteiger partial charge in [0.2, 0.25) is 27.9 Å². The average molecular weight is 612 g/mol. The monoisotopic (exact) mass is 611 g/mol. The van der Waals surface area contributed by atoms with Crippen LogP contribution in [0, 0.1) is 0 Å². The second kappa shape index (κ2) is 9.90. The molecule has 8 N–H and O–H groups in total. The summed E-state index contributed by atoms with van der Waals surface area (Å²) in [5.41, 5.74) is 4.46. The van der Waals surface area contributed by atoms with E-state index in [1.165, 1.54) is 0 Å². The van der Waals surface area contributed by atoms with Gasteiger partial charge >= 0.3 is 0 Å². The van der Waals surface area contributed by atoms with Crippen LogP contribution >= 0.6 is 0 Å². The summed E-state index contributed by atoms with van der Waals surface area (Å²) in [4.78, 5) is 8.90. The molecule has 0 saturated carbocycles. The van der Waals surface area contributed by atoms with E-state index < -0.39 is 84.3 Å². The lowest BCUT2D eigenvalue weighted by atomic mass is 10.3. The van der Waals surface area contributed by atoms with Gasteiger partial charge in [-0.2, -0.15) is 40.2 Å². The molecule has 0 amide bonds. The van der Waals surface area contributed by atoms with Crippen LogP contribution in [0.4, 0.5) is 34.9 Å². The van der Waals surface area contributed by atoms with E-state index in [-0.39, 0.29) is 5.69 Å². The molecule has 0 atom stereocenters. The number of hydrogen-bond acceptors (Lipinski definition) is 14. The third-order valence-electron chi connectivity index (χ3n) is 4.23. The van der Waals surface area contributed by atoms with E-state index in [1.807, 2.05) is 0 Å². The molecule has 2 aromatic carbocycles. The Hall–Kier alpha value is -3.67. The van der Waals surface area contributed by atoms with Crippen molar-refractivity contribution in [2.24, 2.45) is 0 Å². The second-order valence-electron chi connectivity index (χ2n) is 7.26. The molecule has 18 nitrogen and oxygen atoms in total. The molecule has 1 heterocycles. The first-order chi connectivity index (χ1) is 17.2. The lowest BCUT2D eigenvalue weighted by molar-refractivity contribution is 0.479. The fraction of sp³-hybridized carbons (Fsp3) is 0.0625. The van der Waals surface area contributed by atoms with Gasteiger partial charge in [0, 0.05) is 0 Å². The highest BCUT2D eigenvalue weighted by Crippen LogP contribution is 2.30. The number of nitrogens with two attached hydrogens (primary N) is 1. The smallest absolute Gasteiger partial charge is 0.296 e. The predicted molar refractivity (Wildman–Crippen MR) is 132 cm³/mol. The summed E-state index contributed by atoms with van der Waals surface area (Å²) in [6.45, 7) is 0. The minimum Gasteiger partial charge on any atom is -0.368 e. The first-order valence-electron chi connectivity index (χ1n) is 9.46. The summed E-state index contributed by atoms with van der Waals surface area (Å²) in [6, 6.07) is 4.90. The summed E-state index contributed by atoms with van der Waals surface area (Å²) >= 11 is 0. The Kier molecular flexibility index (Phi) is 7.53. The van der Waals surface area contributed by atoms with Crippen molar-refractivity contribution in [1.82, 2.24) is 15.0 Å². The van der Waals surface area contributed by atoms with Crippen LogP contribution in [0.1, 0.15) is 0 Å². The van der Waals surface area contributed by atoms with Crippen molar-refractivity contribution in [2.45, 2.75) is 14.7 Å². The standard InChI is InChI=1S/C16H17N7O11S4/c1-35(24,25)23-8-2-4-12(37(29,30)31)10(6-8)18-15-20-14(17)21-16(22-15)19-11-7-9(36(26,27)28)3-5-13(11)38(32,33)34/h2-7,23H,1H3,(H,26,27,28)(H,29,30,31)(H,32,33,34)(H4,17,18,19,20,21,22). The van der Waals surface area contributed by atoms with Crippen molar-refractivity contribution in [3.8, 4) is 0 Å². The fourth-order valence-electron chi connectivity index (χ4n) is 2.87. The molecule has 38 heavy (non-hydrogen) atoms. The first kappa shape index (κ1) is 28.9. The third kappa shape index (κ3) is 7.44. The fourth-order valence-corrected chi connectivity index (χ4v) is 5.19. The molecule has 0 bridgehead atoms. The third-order valence-corrected chi connectivity index (χ3v) is 7.51. The number of rotatable bonds is 9. The SMILES string of the molecule is CS(=O)(=O)Nc1ccc(S(=O)(=O)O)c(Nc2nc(N)nc(Nc3cc(S(=O)(=O)O)ccc3S(=O)(=O)O)n2)c1. The van der Waals surface area contributed by atoms with Gasteiger partial charge in [-0.3, -0.25) is 18.4 Å². The van der Waals surface area contributed by atoms with Crippen molar-refractivity contribution in [1.29, 1.82) is 0 Å². The zero-order chi connectivity index (χ0) is 28.7. The first-order valence-corrected chi connectivity index (χ1v) is 15.7. The largest absolute Gasteiger partial charge is 0.368 e. The zero-order valence-electron chi connectivity index (χ0n) is 18.6. The van der Waals surface area contributed by atoms with E-state index in [1.54, 1.807) is 0 Å². The summed E-state index contributed by atoms with van der Waals surface area (Å²) in [5.74, 6) is -1.61. The Morgan fingerprint density at radius 2 is 1.16 bits per heavy atom. The predicted octanol–water partition coefficient (Wildman–Crippen LogP) is 0.0526. The Morgan fingerprint density at radius 3 is 1.61 bits per heavy atom. The van der Waals surface area contributed by atoms with Crippen molar-refractivity contribution < 1.29 is 47.3 Å². The molecule has 0 saturated heterocycles. The highest BCUT2D eigenvalue weighted by molar-refractivity contribution is 7.92. The van der Waals surface area contributed by atoms with Crippen LogP contribution in [0.5, 0.6) is 0 Å². The number of sulfonamides is 1. The van der Waals surface area contributed by atoms with E-state index in [0.29, 0.717) is 18.2 Å². The van der Waals surface area contributed by atoms with E-state index in [4.69, 9.17) is 5.73 Å². The van der Waals surface area contributed by atoms with Gasteiger partial charge in [-0.1, -0.05) is 0 Å². The molecule has 22 heteroatoms. The van der Waals surface area contributed by atoms with Gasteiger partial charge in [-0.05, 0) is 36.4 Å². The second-order valence-corrected chi connectivity index (χ2v) is 13.2. The Bertz CT molecular complexity index is 1860. The Labute approximate surface area is 215 Å². The molecule has 0 fully saturated rings. The van der Waals surface area contributed by atoms with Gasteiger partial charge in [0.15, 0.2) is 0 Å². The van der Waals surface area contributed by atoms with Gasteiger partial charge in [0.25, 0.3) is 30.4 Å². The lowest BCUT2D eigenvalue weighted by Gasteiger charge is -2.14. The quantitative estimate of drug-likeness (QED) is 0.157. The molecule has 0 unspecified atom stereocenters. The van der Waals surface area contributed by atoms with Crippen LogP contribution in [0.3, 0.4) is 0 Å². The van der Waals surface area contributed by atoms with Crippen molar-refractivity contribution in [3.63, 3.8) is 0 Å². The number of anilines is 6. The van der Waals surface area contributed by atoms with Crippen LogP contribution < -0.4 is 21.1 Å². The van der Waals surface area contributed by atoms with E-state index in [2.05, 4.69) is 30.3 Å². The highest BCUT2D eigenvalue weighted by Gasteiger charge is 2.22. The van der Waals surface area contributed by atoms with Gasteiger partial charge in [-0.15, -0.1) is 0 Å². The summed E-state index contributed by atoms with van der Waals surface area (Å²) in [5, 5.41) is 4.68. The topological polar surface area (TPSA) is 298 Å². The van der Waals surface area contributed by atoms with Gasteiger partial charge in [0.1, 0.15) is 9.79 Å². The van der Waals surface area contributed by atoms with Crippen molar-refractivity contribution in [3.05, 3.63) is 36.4 Å². The molecular weight excluding hydrogens is 594 g/mol. The van der Waals surface area contributed by atoms with Crippen LogP contribution in [-0.4, -0.2) is 68.5 Å². The number of aromatic nitrogens is 3. The summed E-state index contributed by atoms with van der Waals surface area (Å²) in [6.07, 6.45) is 0.833. The minimum atomic E-state index is -4.93. The molecule has 0 radical (unpaired) electrons. The van der Waals surface area contributed by atoms with Crippen molar-refractivity contribution in [2.75, 3.05) is 27.3 Å². The highest BCUT2D eigenvalue weighted by atomic mass is 32.2. The minimum absolute atomic E-state index is 0.123. The number of nitrogens with one attached hydrogen (secondary N) is 3. The van der Waals surface area contributed by atoms with E-state index in [0.717, 1.165) is 24.5 Å². The van der Waals surface area contributed by atoms with Crippen LogP contribution in [0.2, 0.25) is 0 Å². The van der Waals surface area contributed by atoms with Gasteiger partial charge in [-0.25, -0.2) is 8.42 Å². The summed E-state index contributed by atoms with van der Waals surface area (Å²) < 4.78 is 123. The molecule has 0 aliphatic carbocycles. The Balaban J connectivity index is 2.10. The van der Waals surface area contributed by atoms with Crippen LogP contribution in [-0.2, 0) is 40.4 Å². The molecule has 0 aliphatic rings. The van der Waals surface area contributed by atoms with Gasteiger partial charge in [0.05, 0.1) is 28.2 Å². The van der Waals surface area contributed by atoms with Crippen molar-refractivity contribution >= 4 is 75.3 Å². The number of hydrogen-bond donors (Lipinski definition) is 7. The van der Waals surface area contributed by atoms with E-state index >= 15 is 0 Å². The molecule has 1 aromatic heterocycles. The van der Waals surface area contributed by atoms with Crippen LogP contribution in [0.25, 0.3) is 0 Å². The van der Waals surface area contributed by atoms with Crippen LogP contribution in [0.15, 0.2) is 51.1 Å².